The van der Waals surface area contributed by atoms with Gasteiger partial charge in [0, 0.05) is 19.3 Å². The normalized spacial score (nSPS) is 17.4. The van der Waals surface area contributed by atoms with E-state index < -0.39 is 0 Å². The molecule has 1 aromatic rings. The average Bonchev–Trinajstić information content (AvgIpc) is 2.52. The lowest BCUT2D eigenvalue weighted by Gasteiger charge is -2.24. The van der Waals surface area contributed by atoms with Crippen LogP contribution in [-0.4, -0.2) is 26.4 Å². The van der Waals surface area contributed by atoms with Crippen LogP contribution < -0.4 is 10.1 Å². The number of hydrogen-bond donors (Lipinski definition) is 1. The summed E-state index contributed by atoms with van der Waals surface area (Å²) in [5.41, 5.74) is 1.24. The highest BCUT2D eigenvalue weighted by atomic mass is 16.5. The topological polar surface area (TPSA) is 54.3 Å². The molecule has 0 saturated carbocycles. The van der Waals surface area contributed by atoms with E-state index in [0.717, 1.165) is 44.3 Å². The molecule has 1 aliphatic heterocycles. The second kappa shape index (κ2) is 7.88. The fraction of sp³-hybridized carbons (Fsp3) is 0.562. The maximum atomic E-state index is 8.47. The lowest BCUT2D eigenvalue weighted by molar-refractivity contribution is 0.0656. The number of nitrogens with one attached hydrogen (secondary N) is 1. The quantitative estimate of drug-likeness (QED) is 0.866. The molecule has 1 unspecified atom stereocenters. The first kappa shape index (κ1) is 14.8. The molecule has 1 aromatic carbocycles. The summed E-state index contributed by atoms with van der Waals surface area (Å²) in [6.45, 7) is 5.09. The van der Waals surface area contributed by atoms with E-state index >= 15 is 0 Å². The molecule has 1 aliphatic rings. The Labute approximate surface area is 120 Å². The van der Waals surface area contributed by atoms with Crippen LogP contribution in [0.15, 0.2) is 24.3 Å². The molecule has 0 radical (unpaired) electrons. The highest BCUT2D eigenvalue weighted by Crippen LogP contribution is 2.19. The van der Waals surface area contributed by atoms with Crippen molar-refractivity contribution in [1.82, 2.24) is 5.32 Å². The third-order valence-electron chi connectivity index (χ3n) is 3.74. The molecule has 20 heavy (non-hydrogen) atoms. The van der Waals surface area contributed by atoms with Gasteiger partial charge in [-0.2, -0.15) is 5.26 Å². The third-order valence-corrected chi connectivity index (χ3v) is 3.74. The Morgan fingerprint density at radius 3 is 2.70 bits per heavy atom. The van der Waals surface area contributed by atoms with Crippen LogP contribution in [0.25, 0.3) is 0 Å². The Kier molecular flexibility index (Phi) is 5.85. The molecule has 0 aromatic heterocycles. The van der Waals surface area contributed by atoms with Gasteiger partial charge in [0.15, 0.2) is 6.61 Å². The van der Waals surface area contributed by atoms with Crippen molar-refractivity contribution < 1.29 is 9.47 Å². The minimum Gasteiger partial charge on any atom is -0.479 e. The molecular formula is C16H22N2O2. The van der Waals surface area contributed by atoms with Gasteiger partial charge < -0.3 is 14.8 Å². The van der Waals surface area contributed by atoms with Crippen LogP contribution >= 0.6 is 0 Å². The van der Waals surface area contributed by atoms with Gasteiger partial charge in [-0.1, -0.05) is 12.1 Å². The molecule has 0 bridgehead atoms. The third kappa shape index (κ3) is 4.52. The SMILES string of the molecule is CC(NCC1CCOCC1)c1ccc(OCC#N)cc1. The van der Waals surface area contributed by atoms with Crippen molar-refractivity contribution in [2.45, 2.75) is 25.8 Å². The molecule has 1 N–H and O–H groups in total. The van der Waals surface area contributed by atoms with E-state index in [1.807, 2.05) is 30.3 Å². The van der Waals surface area contributed by atoms with Gasteiger partial charge in [0.25, 0.3) is 0 Å². The highest BCUT2D eigenvalue weighted by molar-refractivity contribution is 5.29. The second-order valence-electron chi connectivity index (χ2n) is 5.20. The van der Waals surface area contributed by atoms with E-state index in [0.29, 0.717) is 6.04 Å². The molecular weight excluding hydrogens is 252 g/mol. The molecule has 108 valence electrons. The Bertz CT molecular complexity index is 433. The zero-order chi connectivity index (χ0) is 14.2. The molecule has 2 rings (SSSR count). The maximum Gasteiger partial charge on any atom is 0.174 e. The van der Waals surface area contributed by atoms with Gasteiger partial charge in [0.1, 0.15) is 11.8 Å². The molecule has 0 spiro atoms. The van der Waals surface area contributed by atoms with E-state index in [1.165, 1.54) is 5.56 Å². The molecule has 0 amide bonds. The lowest BCUT2D eigenvalue weighted by atomic mass is 9.99. The summed E-state index contributed by atoms with van der Waals surface area (Å²) in [4.78, 5) is 0. The number of rotatable bonds is 6. The molecule has 4 heteroatoms. The second-order valence-corrected chi connectivity index (χ2v) is 5.20. The smallest absolute Gasteiger partial charge is 0.174 e. The summed E-state index contributed by atoms with van der Waals surface area (Å²) in [6.07, 6.45) is 2.31. The van der Waals surface area contributed by atoms with Crippen molar-refractivity contribution in [3.63, 3.8) is 0 Å². The van der Waals surface area contributed by atoms with Gasteiger partial charge in [0.2, 0.25) is 0 Å². The van der Waals surface area contributed by atoms with E-state index in [-0.39, 0.29) is 6.61 Å². The van der Waals surface area contributed by atoms with Crippen molar-refractivity contribution >= 4 is 0 Å². The minimum atomic E-state index is 0.0941. The fourth-order valence-electron chi connectivity index (χ4n) is 2.38. The van der Waals surface area contributed by atoms with Crippen molar-refractivity contribution in [2.75, 3.05) is 26.4 Å². The van der Waals surface area contributed by atoms with Crippen LogP contribution in [0.5, 0.6) is 5.75 Å². The van der Waals surface area contributed by atoms with E-state index in [2.05, 4.69) is 12.2 Å². The first-order chi connectivity index (χ1) is 9.79. The summed E-state index contributed by atoms with van der Waals surface area (Å²) in [6, 6.07) is 10.2. The first-order valence-electron chi connectivity index (χ1n) is 7.20. The zero-order valence-electron chi connectivity index (χ0n) is 12.0. The Morgan fingerprint density at radius 2 is 2.05 bits per heavy atom. The number of benzene rings is 1. The van der Waals surface area contributed by atoms with Gasteiger partial charge in [-0.05, 0) is 49.9 Å². The number of nitrogens with zero attached hydrogens (tertiary/aromatic N) is 1. The Morgan fingerprint density at radius 1 is 1.35 bits per heavy atom. The summed E-state index contributed by atoms with van der Waals surface area (Å²) >= 11 is 0. The van der Waals surface area contributed by atoms with E-state index in [1.54, 1.807) is 0 Å². The van der Waals surface area contributed by atoms with Crippen molar-refractivity contribution in [2.24, 2.45) is 5.92 Å². The average molecular weight is 274 g/mol. The summed E-state index contributed by atoms with van der Waals surface area (Å²) in [7, 11) is 0. The molecule has 1 fully saturated rings. The standard InChI is InChI=1S/C16H22N2O2/c1-13(18-12-14-6-9-19-10-7-14)15-2-4-16(5-3-15)20-11-8-17/h2-5,13-14,18H,6-7,9-12H2,1H3. The first-order valence-corrected chi connectivity index (χ1v) is 7.20. The summed E-state index contributed by atoms with van der Waals surface area (Å²) in [5.74, 6) is 1.47. The van der Waals surface area contributed by atoms with Crippen LogP contribution in [0.3, 0.4) is 0 Å². The van der Waals surface area contributed by atoms with Crippen molar-refractivity contribution in [3.8, 4) is 11.8 Å². The van der Waals surface area contributed by atoms with Gasteiger partial charge in [-0.3, -0.25) is 0 Å². The maximum absolute atomic E-state index is 8.47. The van der Waals surface area contributed by atoms with Crippen LogP contribution in [-0.2, 0) is 4.74 Å². The molecule has 1 atom stereocenters. The summed E-state index contributed by atoms with van der Waals surface area (Å²) < 4.78 is 10.6. The number of ether oxygens (including phenoxy) is 2. The zero-order valence-corrected chi connectivity index (χ0v) is 12.0. The van der Waals surface area contributed by atoms with Crippen molar-refractivity contribution in [3.05, 3.63) is 29.8 Å². The van der Waals surface area contributed by atoms with Crippen LogP contribution in [0, 0.1) is 17.2 Å². The van der Waals surface area contributed by atoms with Crippen LogP contribution in [0.2, 0.25) is 0 Å². The van der Waals surface area contributed by atoms with Crippen molar-refractivity contribution in [1.29, 1.82) is 5.26 Å². The van der Waals surface area contributed by atoms with Gasteiger partial charge in [-0.15, -0.1) is 0 Å². The minimum absolute atomic E-state index is 0.0941. The molecule has 4 nitrogen and oxygen atoms in total. The van der Waals surface area contributed by atoms with E-state index in [9.17, 15) is 0 Å². The highest BCUT2D eigenvalue weighted by Gasteiger charge is 2.14. The molecule has 0 aliphatic carbocycles. The Hall–Kier alpha value is -1.57. The van der Waals surface area contributed by atoms with Crippen LogP contribution in [0.4, 0.5) is 0 Å². The number of hydrogen-bond acceptors (Lipinski definition) is 4. The predicted molar refractivity (Wildman–Crippen MR) is 77.5 cm³/mol. The number of nitriles is 1. The van der Waals surface area contributed by atoms with Gasteiger partial charge in [-0.25, -0.2) is 0 Å². The van der Waals surface area contributed by atoms with Gasteiger partial charge in [0.05, 0.1) is 0 Å². The molecule has 1 heterocycles. The molecule has 1 saturated heterocycles. The van der Waals surface area contributed by atoms with Gasteiger partial charge >= 0.3 is 0 Å². The summed E-state index contributed by atoms with van der Waals surface area (Å²) in [5, 5.41) is 12.1. The predicted octanol–water partition coefficient (Wildman–Crippen LogP) is 2.67. The fourth-order valence-corrected chi connectivity index (χ4v) is 2.38. The lowest BCUT2D eigenvalue weighted by Crippen LogP contribution is -2.29. The monoisotopic (exact) mass is 274 g/mol. The largest absolute Gasteiger partial charge is 0.479 e. The van der Waals surface area contributed by atoms with E-state index in [4.69, 9.17) is 14.7 Å². The van der Waals surface area contributed by atoms with Crippen LogP contribution in [0.1, 0.15) is 31.4 Å². The Balaban J connectivity index is 1.79.